The van der Waals surface area contributed by atoms with Crippen LogP contribution in [0.15, 0.2) is 29.2 Å². The first-order chi connectivity index (χ1) is 13.2. The van der Waals surface area contributed by atoms with Gasteiger partial charge in [0, 0.05) is 23.9 Å². The Balaban J connectivity index is 1.45. The van der Waals surface area contributed by atoms with Crippen molar-refractivity contribution in [2.45, 2.75) is 43.4 Å². The van der Waals surface area contributed by atoms with Crippen LogP contribution >= 0.6 is 11.8 Å². The van der Waals surface area contributed by atoms with E-state index < -0.39 is 0 Å². The molecule has 2 heterocycles. The van der Waals surface area contributed by atoms with E-state index in [9.17, 15) is 9.59 Å². The molecule has 1 aromatic rings. The molecule has 2 aliphatic rings. The standard InChI is InChI=1S/C21H31N3O2S/c1-27-19-9-5-4-8-18(19)22-20(25)16-23-14-10-17(11-15-23)21(26)24-12-6-2-3-7-13-24/h4-5,8-9,17H,2-3,6-7,10-16H2,1H3,(H,22,25). The van der Waals surface area contributed by atoms with E-state index in [2.05, 4.69) is 15.1 Å². The Morgan fingerprint density at radius 3 is 2.37 bits per heavy atom. The summed E-state index contributed by atoms with van der Waals surface area (Å²) in [6, 6.07) is 7.87. The van der Waals surface area contributed by atoms with Gasteiger partial charge in [-0.3, -0.25) is 14.5 Å². The van der Waals surface area contributed by atoms with E-state index in [1.54, 1.807) is 11.8 Å². The average molecular weight is 390 g/mol. The number of hydrogen-bond donors (Lipinski definition) is 1. The van der Waals surface area contributed by atoms with Crippen LogP contribution in [0.1, 0.15) is 38.5 Å². The molecular weight excluding hydrogens is 358 g/mol. The number of rotatable bonds is 5. The second kappa shape index (κ2) is 10.1. The Bertz CT molecular complexity index is 636. The minimum Gasteiger partial charge on any atom is -0.342 e. The van der Waals surface area contributed by atoms with Gasteiger partial charge in [0.2, 0.25) is 11.8 Å². The first-order valence-corrected chi connectivity index (χ1v) is 11.3. The lowest BCUT2D eigenvalue weighted by atomic mass is 9.95. The van der Waals surface area contributed by atoms with Crippen molar-refractivity contribution in [3.05, 3.63) is 24.3 Å². The fourth-order valence-corrected chi connectivity index (χ4v) is 4.58. The third-order valence-electron chi connectivity index (χ3n) is 5.60. The molecule has 1 aromatic carbocycles. The van der Waals surface area contributed by atoms with Crippen LogP contribution < -0.4 is 5.32 Å². The molecule has 2 amide bonds. The van der Waals surface area contributed by atoms with E-state index in [-0.39, 0.29) is 11.8 Å². The summed E-state index contributed by atoms with van der Waals surface area (Å²) in [5.74, 6) is 0.503. The zero-order valence-electron chi connectivity index (χ0n) is 16.3. The minimum absolute atomic E-state index is 0.0220. The fraction of sp³-hybridized carbons (Fsp3) is 0.619. The van der Waals surface area contributed by atoms with Crippen LogP contribution in [0.2, 0.25) is 0 Å². The number of anilines is 1. The van der Waals surface area contributed by atoms with Crippen LogP contribution in [0.5, 0.6) is 0 Å². The predicted molar refractivity (Wildman–Crippen MR) is 111 cm³/mol. The SMILES string of the molecule is CSc1ccccc1NC(=O)CN1CCC(C(=O)N2CCCCCC2)CC1. The zero-order chi connectivity index (χ0) is 19.1. The molecule has 148 valence electrons. The highest BCUT2D eigenvalue weighted by molar-refractivity contribution is 7.98. The molecule has 2 aliphatic heterocycles. The highest BCUT2D eigenvalue weighted by Gasteiger charge is 2.29. The highest BCUT2D eigenvalue weighted by atomic mass is 32.2. The van der Waals surface area contributed by atoms with Gasteiger partial charge in [-0.2, -0.15) is 0 Å². The maximum atomic E-state index is 12.8. The number of para-hydroxylation sites is 1. The highest BCUT2D eigenvalue weighted by Crippen LogP contribution is 2.25. The number of likely N-dealkylation sites (tertiary alicyclic amines) is 2. The number of carbonyl (C=O) groups is 2. The topological polar surface area (TPSA) is 52.7 Å². The van der Waals surface area contributed by atoms with Gasteiger partial charge < -0.3 is 10.2 Å². The quantitative estimate of drug-likeness (QED) is 0.784. The van der Waals surface area contributed by atoms with Crippen molar-refractivity contribution in [3.8, 4) is 0 Å². The molecule has 0 unspecified atom stereocenters. The Hall–Kier alpha value is -1.53. The van der Waals surface area contributed by atoms with E-state index in [4.69, 9.17) is 0 Å². The van der Waals surface area contributed by atoms with Crippen LogP contribution in [-0.4, -0.2) is 60.6 Å². The van der Waals surface area contributed by atoms with Crippen LogP contribution in [0.3, 0.4) is 0 Å². The second-order valence-corrected chi connectivity index (χ2v) is 8.39. The number of carbonyl (C=O) groups excluding carboxylic acids is 2. The molecule has 0 aromatic heterocycles. The largest absolute Gasteiger partial charge is 0.342 e. The molecule has 27 heavy (non-hydrogen) atoms. The monoisotopic (exact) mass is 389 g/mol. The molecule has 0 radical (unpaired) electrons. The van der Waals surface area contributed by atoms with Gasteiger partial charge in [0.05, 0.1) is 12.2 Å². The molecule has 0 spiro atoms. The maximum absolute atomic E-state index is 12.8. The molecule has 0 bridgehead atoms. The zero-order valence-corrected chi connectivity index (χ0v) is 17.1. The molecule has 5 nitrogen and oxygen atoms in total. The van der Waals surface area contributed by atoms with Crippen molar-refractivity contribution >= 4 is 29.3 Å². The summed E-state index contributed by atoms with van der Waals surface area (Å²) in [6.07, 6.45) is 8.52. The molecule has 0 atom stereocenters. The van der Waals surface area contributed by atoms with E-state index in [1.165, 1.54) is 12.8 Å². The molecular formula is C21H31N3O2S. The summed E-state index contributed by atoms with van der Waals surface area (Å²) in [4.78, 5) is 30.5. The molecule has 2 saturated heterocycles. The smallest absolute Gasteiger partial charge is 0.238 e. The third-order valence-corrected chi connectivity index (χ3v) is 6.40. The normalized spacial score (nSPS) is 19.5. The van der Waals surface area contributed by atoms with Crippen molar-refractivity contribution < 1.29 is 9.59 Å². The summed E-state index contributed by atoms with van der Waals surface area (Å²) in [6.45, 7) is 3.89. The van der Waals surface area contributed by atoms with Gasteiger partial charge in [-0.25, -0.2) is 0 Å². The number of hydrogen-bond acceptors (Lipinski definition) is 4. The molecule has 0 saturated carbocycles. The fourth-order valence-electron chi connectivity index (χ4n) is 4.03. The van der Waals surface area contributed by atoms with Gasteiger partial charge in [0.1, 0.15) is 0 Å². The molecule has 0 aliphatic carbocycles. The number of amides is 2. The van der Waals surface area contributed by atoms with Crippen LogP contribution in [0.25, 0.3) is 0 Å². The first-order valence-electron chi connectivity index (χ1n) is 10.1. The van der Waals surface area contributed by atoms with Gasteiger partial charge in [0.25, 0.3) is 0 Å². The molecule has 2 fully saturated rings. The van der Waals surface area contributed by atoms with Gasteiger partial charge in [-0.1, -0.05) is 25.0 Å². The lowest BCUT2D eigenvalue weighted by Crippen LogP contribution is -2.44. The third kappa shape index (κ3) is 5.72. The maximum Gasteiger partial charge on any atom is 0.238 e. The Morgan fingerprint density at radius 1 is 1.04 bits per heavy atom. The summed E-state index contributed by atoms with van der Waals surface area (Å²) in [7, 11) is 0. The van der Waals surface area contributed by atoms with E-state index >= 15 is 0 Å². The number of benzene rings is 1. The Morgan fingerprint density at radius 2 is 1.70 bits per heavy atom. The second-order valence-electron chi connectivity index (χ2n) is 7.54. The van der Waals surface area contributed by atoms with E-state index in [1.807, 2.05) is 30.5 Å². The summed E-state index contributed by atoms with van der Waals surface area (Å²) >= 11 is 1.63. The molecule has 3 rings (SSSR count). The van der Waals surface area contributed by atoms with Gasteiger partial charge in [0.15, 0.2) is 0 Å². The van der Waals surface area contributed by atoms with Crippen LogP contribution in [-0.2, 0) is 9.59 Å². The lowest BCUT2D eigenvalue weighted by molar-refractivity contribution is -0.137. The van der Waals surface area contributed by atoms with Crippen LogP contribution in [0.4, 0.5) is 5.69 Å². The first kappa shape index (κ1) is 20.2. The Kier molecular flexibility index (Phi) is 7.59. The van der Waals surface area contributed by atoms with Gasteiger partial charge >= 0.3 is 0 Å². The van der Waals surface area contributed by atoms with Gasteiger partial charge in [-0.15, -0.1) is 11.8 Å². The van der Waals surface area contributed by atoms with E-state index in [0.29, 0.717) is 12.5 Å². The lowest BCUT2D eigenvalue weighted by Gasteiger charge is -2.33. The predicted octanol–water partition coefficient (Wildman–Crippen LogP) is 3.46. The Labute approximate surface area is 166 Å². The summed E-state index contributed by atoms with van der Waals surface area (Å²) < 4.78 is 0. The molecule has 1 N–H and O–H groups in total. The minimum atomic E-state index is 0.0220. The number of thioether (sulfide) groups is 1. The van der Waals surface area contributed by atoms with Crippen molar-refractivity contribution in [3.63, 3.8) is 0 Å². The summed E-state index contributed by atoms with van der Waals surface area (Å²) in [5.41, 5.74) is 0.876. The molecule has 6 heteroatoms. The average Bonchev–Trinajstić information content (AvgIpc) is 2.98. The van der Waals surface area contributed by atoms with Crippen LogP contribution in [0, 0.1) is 5.92 Å². The van der Waals surface area contributed by atoms with Crippen molar-refractivity contribution in [1.29, 1.82) is 0 Å². The number of piperidine rings is 1. The van der Waals surface area contributed by atoms with Gasteiger partial charge in [-0.05, 0) is 57.2 Å². The van der Waals surface area contributed by atoms with Crippen molar-refractivity contribution in [1.82, 2.24) is 9.80 Å². The van der Waals surface area contributed by atoms with Crippen molar-refractivity contribution in [2.75, 3.05) is 44.3 Å². The summed E-state index contributed by atoms with van der Waals surface area (Å²) in [5, 5.41) is 3.02. The van der Waals surface area contributed by atoms with Crippen molar-refractivity contribution in [2.24, 2.45) is 5.92 Å². The number of nitrogens with zero attached hydrogens (tertiary/aromatic N) is 2. The number of nitrogens with one attached hydrogen (secondary N) is 1. The van der Waals surface area contributed by atoms with E-state index in [0.717, 1.165) is 62.4 Å².